The van der Waals surface area contributed by atoms with Crippen LogP contribution in [0.15, 0.2) is 35.4 Å². The predicted octanol–water partition coefficient (Wildman–Crippen LogP) is 3.10. The molecule has 1 saturated heterocycles. The molecule has 1 N–H and O–H groups in total. The number of anilines is 1. The van der Waals surface area contributed by atoms with Crippen LogP contribution in [0.2, 0.25) is 0 Å². The third-order valence-corrected chi connectivity index (χ3v) is 7.79. The molecule has 1 aliphatic heterocycles. The molecule has 32 heavy (non-hydrogen) atoms. The standard InChI is InChI=1S/C22H30N6O3S/c1-16(2)28-21(11-12-23-28)25-22(29)10-9-20-24-18-15-17(7-8-19(18)26(20)3)32(30,31)27-13-5-4-6-14-27/h7-8,11-12,15-16H,4-6,9-10,13-14H2,1-3H3,(H,25,29). The molecule has 3 heterocycles. The average molecular weight is 459 g/mol. The van der Waals surface area contributed by atoms with Crippen LogP contribution < -0.4 is 5.32 Å². The number of carbonyl (C=O) groups is 1. The molecule has 1 aliphatic rings. The zero-order chi connectivity index (χ0) is 22.9. The van der Waals surface area contributed by atoms with E-state index in [2.05, 4.69) is 15.4 Å². The van der Waals surface area contributed by atoms with Crippen molar-refractivity contribution in [3.63, 3.8) is 0 Å². The highest BCUT2D eigenvalue weighted by molar-refractivity contribution is 7.89. The van der Waals surface area contributed by atoms with E-state index in [1.807, 2.05) is 25.5 Å². The lowest BCUT2D eigenvalue weighted by Crippen LogP contribution is -2.35. The highest BCUT2D eigenvalue weighted by atomic mass is 32.2. The fourth-order valence-corrected chi connectivity index (χ4v) is 5.66. The van der Waals surface area contributed by atoms with Crippen molar-refractivity contribution in [3.8, 4) is 0 Å². The van der Waals surface area contributed by atoms with Crippen LogP contribution in [0.5, 0.6) is 0 Å². The zero-order valence-electron chi connectivity index (χ0n) is 18.8. The number of imidazole rings is 1. The van der Waals surface area contributed by atoms with Gasteiger partial charge in [0.05, 0.1) is 22.1 Å². The average Bonchev–Trinajstić information content (AvgIpc) is 3.37. The third-order valence-electron chi connectivity index (χ3n) is 5.90. The SMILES string of the molecule is CC(C)n1nccc1NC(=O)CCc1nc2cc(S(=O)(=O)N3CCCCC3)ccc2n1C. The van der Waals surface area contributed by atoms with Gasteiger partial charge in [-0.05, 0) is 44.9 Å². The molecule has 0 aliphatic carbocycles. The Morgan fingerprint density at radius 2 is 1.91 bits per heavy atom. The van der Waals surface area contributed by atoms with Gasteiger partial charge in [0.2, 0.25) is 15.9 Å². The number of aryl methyl sites for hydroxylation is 2. The van der Waals surface area contributed by atoms with E-state index < -0.39 is 10.0 Å². The van der Waals surface area contributed by atoms with Crippen LogP contribution in [0.4, 0.5) is 5.82 Å². The topological polar surface area (TPSA) is 102 Å². The molecule has 0 bridgehead atoms. The molecular weight excluding hydrogens is 428 g/mol. The Hall–Kier alpha value is -2.72. The third kappa shape index (κ3) is 4.42. The Bertz CT molecular complexity index is 1220. The Morgan fingerprint density at radius 3 is 2.62 bits per heavy atom. The number of aromatic nitrogens is 4. The maximum atomic E-state index is 13.0. The fourth-order valence-electron chi connectivity index (χ4n) is 4.12. The molecule has 3 aromatic rings. The largest absolute Gasteiger partial charge is 0.331 e. The molecule has 1 aromatic carbocycles. The van der Waals surface area contributed by atoms with Crippen LogP contribution in [0.3, 0.4) is 0 Å². The molecule has 9 nitrogen and oxygen atoms in total. The summed E-state index contributed by atoms with van der Waals surface area (Å²) in [7, 11) is -1.63. The zero-order valence-corrected chi connectivity index (χ0v) is 19.6. The number of nitrogens with one attached hydrogen (secondary N) is 1. The minimum Gasteiger partial charge on any atom is -0.331 e. The normalized spacial score (nSPS) is 15.5. The number of fused-ring (bicyclic) bond motifs is 1. The van der Waals surface area contributed by atoms with Crippen LogP contribution in [-0.2, 0) is 28.3 Å². The molecule has 0 radical (unpaired) electrons. The van der Waals surface area contributed by atoms with Crippen molar-refractivity contribution in [2.24, 2.45) is 7.05 Å². The van der Waals surface area contributed by atoms with Crippen molar-refractivity contribution in [1.82, 2.24) is 23.6 Å². The van der Waals surface area contributed by atoms with Gasteiger partial charge in [0, 0.05) is 45.1 Å². The van der Waals surface area contributed by atoms with E-state index in [1.54, 1.807) is 39.4 Å². The quantitative estimate of drug-likeness (QED) is 0.586. The summed E-state index contributed by atoms with van der Waals surface area (Å²) >= 11 is 0. The number of carbonyl (C=O) groups excluding carboxylic acids is 1. The van der Waals surface area contributed by atoms with Crippen molar-refractivity contribution < 1.29 is 13.2 Å². The van der Waals surface area contributed by atoms with Crippen LogP contribution in [0.25, 0.3) is 11.0 Å². The Kier molecular flexibility index (Phi) is 6.34. The molecule has 10 heteroatoms. The second-order valence-corrected chi connectivity index (χ2v) is 10.4. The van der Waals surface area contributed by atoms with Gasteiger partial charge >= 0.3 is 0 Å². The van der Waals surface area contributed by atoms with E-state index >= 15 is 0 Å². The molecular formula is C22H30N6O3S. The number of nitrogens with zero attached hydrogens (tertiary/aromatic N) is 5. The van der Waals surface area contributed by atoms with Crippen molar-refractivity contribution >= 4 is 32.8 Å². The first-order chi connectivity index (χ1) is 15.3. The molecule has 2 aromatic heterocycles. The maximum absolute atomic E-state index is 13.0. The van der Waals surface area contributed by atoms with Gasteiger partial charge in [0.1, 0.15) is 11.6 Å². The smallest absolute Gasteiger partial charge is 0.243 e. The second-order valence-electron chi connectivity index (χ2n) is 8.51. The van der Waals surface area contributed by atoms with Crippen LogP contribution in [-0.4, -0.2) is 51.1 Å². The maximum Gasteiger partial charge on any atom is 0.243 e. The Balaban J connectivity index is 1.48. The van der Waals surface area contributed by atoms with Crippen LogP contribution in [0, 0.1) is 0 Å². The van der Waals surface area contributed by atoms with Gasteiger partial charge in [-0.3, -0.25) is 4.79 Å². The van der Waals surface area contributed by atoms with E-state index in [4.69, 9.17) is 0 Å². The monoisotopic (exact) mass is 458 g/mol. The molecule has 0 saturated carbocycles. The summed E-state index contributed by atoms with van der Waals surface area (Å²) in [5.41, 5.74) is 1.47. The molecule has 0 atom stereocenters. The van der Waals surface area contributed by atoms with E-state index in [0.29, 0.717) is 30.8 Å². The lowest BCUT2D eigenvalue weighted by Gasteiger charge is -2.25. The van der Waals surface area contributed by atoms with E-state index in [1.165, 1.54) is 0 Å². The van der Waals surface area contributed by atoms with Crippen LogP contribution in [0.1, 0.15) is 51.4 Å². The summed E-state index contributed by atoms with van der Waals surface area (Å²) in [4.78, 5) is 17.4. The van der Waals surface area contributed by atoms with Crippen LogP contribution >= 0.6 is 0 Å². The van der Waals surface area contributed by atoms with Crippen molar-refractivity contribution in [3.05, 3.63) is 36.3 Å². The summed E-state index contributed by atoms with van der Waals surface area (Å²) < 4.78 is 31.2. The second kappa shape index (κ2) is 9.03. The van der Waals surface area contributed by atoms with Gasteiger partial charge in [-0.15, -0.1) is 0 Å². The summed E-state index contributed by atoms with van der Waals surface area (Å²) in [6.07, 6.45) is 5.24. The minimum atomic E-state index is -3.51. The van der Waals surface area contributed by atoms with E-state index in [0.717, 1.165) is 30.6 Å². The number of amides is 1. The van der Waals surface area contributed by atoms with Crippen molar-refractivity contribution in [1.29, 1.82) is 0 Å². The minimum absolute atomic E-state index is 0.118. The first-order valence-corrected chi connectivity index (χ1v) is 12.5. The molecule has 0 unspecified atom stereocenters. The predicted molar refractivity (Wildman–Crippen MR) is 123 cm³/mol. The molecule has 1 amide bonds. The molecule has 0 spiro atoms. The lowest BCUT2D eigenvalue weighted by molar-refractivity contribution is -0.116. The van der Waals surface area contributed by atoms with Gasteiger partial charge in [0.15, 0.2) is 0 Å². The summed E-state index contributed by atoms with van der Waals surface area (Å²) in [6, 6.07) is 7.01. The number of hydrogen-bond acceptors (Lipinski definition) is 5. The highest BCUT2D eigenvalue weighted by Crippen LogP contribution is 2.25. The number of hydrogen-bond donors (Lipinski definition) is 1. The first-order valence-electron chi connectivity index (χ1n) is 11.1. The first kappa shape index (κ1) is 22.5. The highest BCUT2D eigenvalue weighted by Gasteiger charge is 2.26. The van der Waals surface area contributed by atoms with Gasteiger partial charge in [-0.25, -0.2) is 18.1 Å². The van der Waals surface area contributed by atoms with Gasteiger partial charge < -0.3 is 9.88 Å². The fraction of sp³-hybridized carbons (Fsp3) is 0.500. The van der Waals surface area contributed by atoms with E-state index in [9.17, 15) is 13.2 Å². The Labute approximate surface area is 188 Å². The lowest BCUT2D eigenvalue weighted by atomic mass is 10.2. The van der Waals surface area contributed by atoms with Crippen molar-refractivity contribution in [2.45, 2.75) is 56.9 Å². The molecule has 1 fully saturated rings. The number of sulfonamides is 1. The number of rotatable bonds is 7. The van der Waals surface area contributed by atoms with E-state index in [-0.39, 0.29) is 23.3 Å². The van der Waals surface area contributed by atoms with Gasteiger partial charge in [0.25, 0.3) is 0 Å². The molecule has 4 rings (SSSR count). The molecule has 172 valence electrons. The van der Waals surface area contributed by atoms with Gasteiger partial charge in [-0.1, -0.05) is 6.42 Å². The number of benzene rings is 1. The summed E-state index contributed by atoms with van der Waals surface area (Å²) in [5.74, 6) is 1.29. The number of piperidine rings is 1. The summed E-state index contributed by atoms with van der Waals surface area (Å²) in [5, 5.41) is 7.12. The Morgan fingerprint density at radius 1 is 1.16 bits per heavy atom. The van der Waals surface area contributed by atoms with Crippen molar-refractivity contribution in [2.75, 3.05) is 18.4 Å². The summed E-state index contributed by atoms with van der Waals surface area (Å²) in [6.45, 7) is 5.14. The van der Waals surface area contributed by atoms with Gasteiger partial charge in [-0.2, -0.15) is 9.40 Å².